The van der Waals surface area contributed by atoms with Crippen LogP contribution in [0.25, 0.3) is 0 Å². The molecule has 1 amide bonds. The maximum Gasteiger partial charge on any atom is 0.239 e. The molecule has 0 aliphatic rings. The second-order valence-corrected chi connectivity index (χ2v) is 5.09. The minimum atomic E-state index is -0.0468. The molecule has 0 bridgehead atoms. The van der Waals surface area contributed by atoms with Crippen LogP contribution in [-0.2, 0) is 0 Å². The standard InChI is InChI=1S/C11H24BN2O/c1-6-9(7-13-5)8-14-10(15)12-11(2,3)4/h9,13H,6-8H2,1-5H3,(H,14,15). The SMILES string of the molecule is CCC(CNC)CNC(=O)[B]C(C)(C)C. The Hall–Kier alpha value is -0.505. The smallest absolute Gasteiger partial charge is 0.239 e. The summed E-state index contributed by atoms with van der Waals surface area (Å²) in [5.74, 6) is 0.560. The molecule has 0 aliphatic heterocycles. The highest BCUT2D eigenvalue weighted by molar-refractivity contribution is 6.75. The molecule has 0 fully saturated rings. The van der Waals surface area contributed by atoms with Gasteiger partial charge >= 0.3 is 0 Å². The van der Waals surface area contributed by atoms with Gasteiger partial charge in [-0.05, 0) is 19.5 Å². The van der Waals surface area contributed by atoms with Crippen LogP contribution in [0.4, 0.5) is 4.79 Å². The van der Waals surface area contributed by atoms with E-state index < -0.39 is 0 Å². The summed E-state index contributed by atoms with van der Waals surface area (Å²) in [7, 11) is 3.67. The summed E-state index contributed by atoms with van der Waals surface area (Å²) in [6.45, 7) is 9.92. The van der Waals surface area contributed by atoms with Gasteiger partial charge in [-0.2, -0.15) is 0 Å². The zero-order chi connectivity index (χ0) is 11.9. The van der Waals surface area contributed by atoms with Crippen molar-refractivity contribution in [3.63, 3.8) is 0 Å². The third-order valence-corrected chi connectivity index (χ3v) is 2.20. The van der Waals surface area contributed by atoms with Crippen LogP contribution >= 0.6 is 0 Å². The van der Waals surface area contributed by atoms with E-state index in [1.165, 1.54) is 0 Å². The average Bonchev–Trinajstić information content (AvgIpc) is 2.09. The molecular weight excluding hydrogens is 187 g/mol. The van der Waals surface area contributed by atoms with E-state index in [-0.39, 0.29) is 11.1 Å². The number of hydrogen-bond donors (Lipinski definition) is 2. The molecule has 0 saturated carbocycles. The number of carbonyl (C=O) groups excluding carboxylic acids is 1. The number of carbonyl (C=O) groups is 1. The Labute approximate surface area is 94.6 Å². The number of hydrogen-bond acceptors (Lipinski definition) is 2. The molecule has 0 heterocycles. The van der Waals surface area contributed by atoms with E-state index in [4.69, 9.17) is 0 Å². The van der Waals surface area contributed by atoms with E-state index in [2.05, 4.69) is 17.6 Å². The van der Waals surface area contributed by atoms with Gasteiger partial charge < -0.3 is 10.6 Å². The van der Waals surface area contributed by atoms with E-state index in [1.54, 1.807) is 7.28 Å². The Morgan fingerprint density at radius 1 is 1.33 bits per heavy atom. The molecule has 87 valence electrons. The van der Waals surface area contributed by atoms with Crippen molar-refractivity contribution in [1.29, 1.82) is 0 Å². The zero-order valence-corrected chi connectivity index (χ0v) is 10.7. The maximum atomic E-state index is 11.5. The van der Waals surface area contributed by atoms with Gasteiger partial charge in [-0.15, -0.1) is 0 Å². The largest absolute Gasteiger partial charge is 0.365 e. The Morgan fingerprint density at radius 2 is 1.93 bits per heavy atom. The third-order valence-electron chi connectivity index (χ3n) is 2.20. The minimum absolute atomic E-state index is 0.0389. The van der Waals surface area contributed by atoms with Crippen LogP contribution in [-0.4, -0.2) is 33.2 Å². The molecule has 0 aromatic rings. The second-order valence-electron chi connectivity index (χ2n) is 5.09. The molecule has 3 nitrogen and oxygen atoms in total. The number of rotatable bonds is 6. The van der Waals surface area contributed by atoms with Gasteiger partial charge in [-0.1, -0.05) is 39.4 Å². The number of amides is 1. The minimum Gasteiger partial charge on any atom is -0.365 e. The molecule has 15 heavy (non-hydrogen) atoms. The molecular formula is C11H24BN2O. The molecule has 4 heteroatoms. The summed E-state index contributed by atoms with van der Waals surface area (Å²) in [6, 6.07) is 0. The topological polar surface area (TPSA) is 41.1 Å². The molecule has 0 rings (SSSR count). The van der Waals surface area contributed by atoms with Gasteiger partial charge in [0.15, 0.2) is 5.81 Å². The Kier molecular flexibility index (Phi) is 6.65. The Bertz CT molecular complexity index is 190. The second kappa shape index (κ2) is 6.88. The summed E-state index contributed by atoms with van der Waals surface area (Å²) in [4.78, 5) is 11.5. The van der Waals surface area contributed by atoms with E-state index in [1.807, 2.05) is 27.8 Å². The highest BCUT2D eigenvalue weighted by atomic mass is 16.1. The first-order chi connectivity index (χ1) is 6.89. The van der Waals surface area contributed by atoms with Crippen molar-refractivity contribution in [2.45, 2.75) is 39.4 Å². The van der Waals surface area contributed by atoms with Crippen LogP contribution in [0.5, 0.6) is 0 Å². The fourth-order valence-electron chi connectivity index (χ4n) is 1.34. The first-order valence-corrected chi connectivity index (χ1v) is 5.67. The van der Waals surface area contributed by atoms with Crippen molar-refractivity contribution in [2.75, 3.05) is 20.1 Å². The Balaban J connectivity index is 3.78. The predicted octanol–water partition coefficient (Wildman–Crippen LogP) is 1.86. The van der Waals surface area contributed by atoms with E-state index in [9.17, 15) is 4.79 Å². The summed E-state index contributed by atoms with van der Waals surface area (Å²) in [6.07, 6.45) is 1.08. The van der Waals surface area contributed by atoms with Crippen molar-refractivity contribution in [2.24, 2.45) is 5.92 Å². The molecule has 2 N–H and O–H groups in total. The highest BCUT2D eigenvalue weighted by Crippen LogP contribution is 2.19. The fourth-order valence-corrected chi connectivity index (χ4v) is 1.34. The summed E-state index contributed by atoms with van der Waals surface area (Å²) in [5, 5.41) is 6.02. The van der Waals surface area contributed by atoms with Crippen molar-refractivity contribution in [3.8, 4) is 0 Å². The average molecular weight is 211 g/mol. The van der Waals surface area contributed by atoms with Gasteiger partial charge in [0.05, 0.1) is 0 Å². The predicted molar refractivity (Wildman–Crippen MR) is 66.6 cm³/mol. The molecule has 0 aromatic heterocycles. The van der Waals surface area contributed by atoms with Gasteiger partial charge in [0.1, 0.15) is 0 Å². The van der Waals surface area contributed by atoms with Crippen LogP contribution < -0.4 is 10.6 Å². The zero-order valence-electron chi connectivity index (χ0n) is 10.7. The van der Waals surface area contributed by atoms with Crippen molar-refractivity contribution in [3.05, 3.63) is 0 Å². The molecule has 1 unspecified atom stereocenters. The van der Waals surface area contributed by atoms with Gasteiger partial charge in [0.2, 0.25) is 7.28 Å². The molecule has 0 aromatic carbocycles. The van der Waals surface area contributed by atoms with Crippen LogP contribution in [0.2, 0.25) is 5.31 Å². The molecule has 1 atom stereocenters. The third kappa shape index (κ3) is 8.49. The molecule has 0 spiro atoms. The fraction of sp³-hybridized carbons (Fsp3) is 0.909. The highest BCUT2D eigenvalue weighted by Gasteiger charge is 2.18. The first-order valence-electron chi connectivity index (χ1n) is 5.67. The number of nitrogens with one attached hydrogen (secondary N) is 2. The van der Waals surface area contributed by atoms with Crippen molar-refractivity contribution < 1.29 is 4.79 Å². The first kappa shape index (κ1) is 14.5. The van der Waals surface area contributed by atoms with Crippen LogP contribution in [0.15, 0.2) is 0 Å². The Morgan fingerprint density at radius 3 is 2.33 bits per heavy atom. The van der Waals surface area contributed by atoms with Crippen molar-refractivity contribution >= 4 is 13.1 Å². The van der Waals surface area contributed by atoms with E-state index >= 15 is 0 Å². The van der Waals surface area contributed by atoms with E-state index in [0.717, 1.165) is 19.5 Å². The van der Waals surface area contributed by atoms with Crippen LogP contribution in [0.1, 0.15) is 34.1 Å². The summed E-state index contributed by atoms with van der Waals surface area (Å²) < 4.78 is 0. The lowest BCUT2D eigenvalue weighted by Crippen LogP contribution is -2.37. The summed E-state index contributed by atoms with van der Waals surface area (Å²) >= 11 is 0. The monoisotopic (exact) mass is 211 g/mol. The van der Waals surface area contributed by atoms with Crippen molar-refractivity contribution in [1.82, 2.24) is 10.6 Å². The lowest BCUT2D eigenvalue weighted by atomic mass is 9.55. The van der Waals surface area contributed by atoms with Crippen LogP contribution in [0, 0.1) is 5.92 Å². The van der Waals surface area contributed by atoms with Gasteiger partial charge in [-0.3, -0.25) is 4.79 Å². The quantitative estimate of drug-likeness (QED) is 0.658. The summed E-state index contributed by atoms with van der Waals surface area (Å²) in [5.41, 5.74) is 0. The van der Waals surface area contributed by atoms with Gasteiger partial charge in [-0.25, -0.2) is 0 Å². The lowest BCUT2D eigenvalue weighted by Gasteiger charge is -2.18. The van der Waals surface area contributed by atoms with Gasteiger partial charge in [0, 0.05) is 6.54 Å². The lowest BCUT2D eigenvalue weighted by molar-refractivity contribution is 0.256. The van der Waals surface area contributed by atoms with Crippen LogP contribution in [0.3, 0.4) is 0 Å². The molecule has 1 radical (unpaired) electrons. The van der Waals surface area contributed by atoms with Gasteiger partial charge in [0.25, 0.3) is 0 Å². The molecule has 0 saturated heterocycles. The maximum absolute atomic E-state index is 11.5. The normalized spacial score (nSPS) is 13.4. The molecule has 0 aliphatic carbocycles. The van der Waals surface area contributed by atoms with E-state index in [0.29, 0.717) is 5.92 Å².